The minimum absolute atomic E-state index is 0. The first-order valence-electron chi connectivity index (χ1n) is 17.7. The number of aromatic nitrogens is 5. The van der Waals surface area contributed by atoms with Gasteiger partial charge in [-0.15, -0.1) is 0 Å². The molecule has 5 aromatic rings. The van der Waals surface area contributed by atoms with Crippen molar-refractivity contribution >= 4 is 22.1 Å². The second kappa shape index (κ2) is 24.1. The predicted octanol–water partition coefficient (Wildman–Crippen LogP) is 2.41. The van der Waals surface area contributed by atoms with Crippen molar-refractivity contribution < 1.29 is 54.0 Å². The Balaban J connectivity index is 0.00000288. The number of benzene rings is 2. The van der Waals surface area contributed by atoms with Gasteiger partial charge in [0.1, 0.15) is 11.4 Å². The summed E-state index contributed by atoms with van der Waals surface area (Å²) in [5.74, 6) is 1.92. The van der Waals surface area contributed by atoms with Crippen LogP contribution in [-0.4, -0.2) is 24.1 Å². The molecule has 0 fully saturated rings. The van der Waals surface area contributed by atoms with E-state index in [4.69, 9.17) is 15.0 Å². The molecule has 0 spiro atoms. The summed E-state index contributed by atoms with van der Waals surface area (Å²) in [6.07, 6.45) is 21.0. The van der Waals surface area contributed by atoms with Gasteiger partial charge >= 0.3 is 16.8 Å². The van der Waals surface area contributed by atoms with Gasteiger partial charge in [-0.05, 0) is 49.2 Å². The molecule has 5 nitrogen and oxygen atoms in total. The van der Waals surface area contributed by atoms with Crippen LogP contribution < -0.4 is 37.2 Å². The molecule has 3 aromatic heterocycles. The van der Waals surface area contributed by atoms with Gasteiger partial charge in [-0.1, -0.05) is 134 Å². The van der Waals surface area contributed by atoms with E-state index in [0.29, 0.717) is 0 Å². The van der Waals surface area contributed by atoms with E-state index in [-0.39, 0.29) is 54.0 Å². The molecular formula is C39H53Cl3CoN5. The molecule has 0 radical (unpaired) electrons. The van der Waals surface area contributed by atoms with Crippen molar-refractivity contribution in [3.63, 3.8) is 0 Å². The van der Waals surface area contributed by atoms with Gasteiger partial charge in [0.15, 0.2) is 11.6 Å². The maximum Gasteiger partial charge on any atom is 3.00 e. The molecule has 264 valence electrons. The Bertz CT molecular complexity index is 1470. The van der Waals surface area contributed by atoms with Crippen molar-refractivity contribution in [2.45, 2.75) is 130 Å². The number of halogens is 3. The maximum atomic E-state index is 5.23. The third-order valence-corrected chi connectivity index (χ3v) is 8.99. The average Bonchev–Trinajstić information content (AvgIpc) is 3.62. The van der Waals surface area contributed by atoms with E-state index in [0.717, 1.165) is 60.0 Å². The Morgan fingerprint density at radius 2 is 0.771 bits per heavy atom. The van der Waals surface area contributed by atoms with Crippen LogP contribution in [0, 0.1) is 0 Å². The van der Waals surface area contributed by atoms with Gasteiger partial charge in [-0.3, -0.25) is 0 Å². The van der Waals surface area contributed by atoms with Gasteiger partial charge in [0.2, 0.25) is 0 Å². The Labute approximate surface area is 317 Å². The molecule has 3 heterocycles. The van der Waals surface area contributed by atoms with Crippen LogP contribution in [0.3, 0.4) is 0 Å². The Morgan fingerprint density at radius 3 is 1.17 bits per heavy atom. The van der Waals surface area contributed by atoms with Gasteiger partial charge in [-0.2, -0.15) is 0 Å². The Morgan fingerprint density at radius 1 is 0.417 bits per heavy atom. The second-order valence-corrected chi connectivity index (χ2v) is 12.5. The van der Waals surface area contributed by atoms with Gasteiger partial charge in [0.05, 0.1) is 22.1 Å². The largest absolute Gasteiger partial charge is 3.00 e. The molecule has 0 saturated carbocycles. The zero-order valence-corrected chi connectivity index (χ0v) is 32.1. The summed E-state index contributed by atoms with van der Waals surface area (Å²) >= 11 is 0. The molecule has 48 heavy (non-hydrogen) atoms. The van der Waals surface area contributed by atoms with Gasteiger partial charge in [0.25, 0.3) is 0 Å². The molecule has 9 heteroatoms. The number of unbranched alkanes of at least 4 members (excludes halogenated alkanes) is 14. The molecule has 0 amide bonds. The van der Waals surface area contributed by atoms with Crippen molar-refractivity contribution in [3.8, 4) is 23.0 Å². The van der Waals surface area contributed by atoms with Gasteiger partial charge in [-0.25, -0.2) is 15.0 Å². The van der Waals surface area contributed by atoms with Gasteiger partial charge in [0, 0.05) is 13.1 Å². The van der Waals surface area contributed by atoms with E-state index >= 15 is 0 Å². The van der Waals surface area contributed by atoms with E-state index in [9.17, 15) is 0 Å². The summed E-state index contributed by atoms with van der Waals surface area (Å²) in [4.78, 5) is 15.4. The van der Waals surface area contributed by atoms with E-state index < -0.39 is 0 Å². The van der Waals surface area contributed by atoms with E-state index in [2.05, 4.69) is 89.7 Å². The van der Waals surface area contributed by atoms with E-state index in [1.165, 1.54) is 101 Å². The Hall–Kier alpha value is -2.09. The van der Waals surface area contributed by atoms with Crippen molar-refractivity contribution in [2.24, 2.45) is 0 Å². The quantitative estimate of drug-likeness (QED) is 0.115. The number of hydrogen-bond donors (Lipinski definition) is 0. The summed E-state index contributed by atoms with van der Waals surface area (Å²) in [5.41, 5.74) is 6.31. The van der Waals surface area contributed by atoms with Crippen molar-refractivity contribution in [1.82, 2.24) is 24.1 Å². The minimum Gasteiger partial charge on any atom is -1.00 e. The number of nitrogens with zero attached hydrogens (tertiary/aromatic N) is 5. The summed E-state index contributed by atoms with van der Waals surface area (Å²) < 4.78 is 4.78. The zero-order valence-electron chi connectivity index (χ0n) is 28.8. The number of hydrogen-bond acceptors (Lipinski definition) is 3. The summed E-state index contributed by atoms with van der Waals surface area (Å²) in [7, 11) is 0. The topological polar surface area (TPSA) is 48.5 Å². The maximum absolute atomic E-state index is 5.23. The third-order valence-electron chi connectivity index (χ3n) is 8.99. The first-order valence-corrected chi connectivity index (χ1v) is 17.7. The van der Waals surface area contributed by atoms with Crippen LogP contribution in [-0.2, 0) is 29.9 Å². The van der Waals surface area contributed by atoms with Crippen LogP contribution in [0.2, 0.25) is 0 Å². The molecule has 0 saturated heterocycles. The van der Waals surface area contributed by atoms with Crippen LogP contribution in [0.1, 0.15) is 117 Å². The van der Waals surface area contributed by atoms with Crippen LogP contribution in [0.4, 0.5) is 0 Å². The first kappa shape index (κ1) is 43.9. The summed E-state index contributed by atoms with van der Waals surface area (Å²) in [6, 6.07) is 23.4. The molecule has 0 aliphatic rings. The third kappa shape index (κ3) is 12.0. The molecule has 5 rings (SSSR count). The second-order valence-electron chi connectivity index (χ2n) is 12.5. The fourth-order valence-electron chi connectivity index (χ4n) is 6.49. The molecule has 0 unspecified atom stereocenters. The van der Waals surface area contributed by atoms with E-state index in [1.54, 1.807) is 0 Å². The smallest absolute Gasteiger partial charge is 1.00 e. The fraction of sp³-hybridized carbons (Fsp3) is 0.513. The SMILES string of the molecule is CCCCCCCCCCn1c(-c2cccc(-c3nc4ccccc4n3CCCCCCCCCC)n2)nc2ccccc21.[Cl-].[Cl-].[Cl-].[Co+3]. The predicted molar refractivity (Wildman–Crippen MR) is 187 cm³/mol. The van der Waals surface area contributed by atoms with Crippen LogP contribution in [0.15, 0.2) is 66.7 Å². The van der Waals surface area contributed by atoms with Crippen molar-refractivity contribution in [1.29, 1.82) is 0 Å². The van der Waals surface area contributed by atoms with Crippen LogP contribution >= 0.6 is 0 Å². The number of imidazole rings is 2. The number of pyridine rings is 1. The van der Waals surface area contributed by atoms with Crippen LogP contribution in [0.25, 0.3) is 45.1 Å². The van der Waals surface area contributed by atoms with Crippen LogP contribution in [0.5, 0.6) is 0 Å². The standard InChI is InChI=1S/C39H53N5.3ClH.Co/c1-3-5-7-9-11-13-15-21-30-43-36-28-19-17-24-32(36)41-38(43)34-26-23-27-35(40-34)39-42-33-25-18-20-29-37(33)44(39)31-22-16-14-12-10-8-6-4-2;;;;/h17-20,23-29H,3-16,21-22,30-31H2,1-2H3;3*1H;/q;;;;+3/p-3. The summed E-state index contributed by atoms with van der Waals surface area (Å²) in [5, 5.41) is 0. The minimum atomic E-state index is 0. The molecule has 0 atom stereocenters. The molecule has 0 aliphatic carbocycles. The normalized spacial score (nSPS) is 10.7. The van der Waals surface area contributed by atoms with E-state index in [1.807, 2.05) is 0 Å². The summed E-state index contributed by atoms with van der Waals surface area (Å²) in [6.45, 7) is 6.50. The molecule has 0 bridgehead atoms. The molecule has 0 N–H and O–H groups in total. The van der Waals surface area contributed by atoms with Crippen molar-refractivity contribution in [3.05, 3.63) is 66.7 Å². The van der Waals surface area contributed by atoms with Gasteiger partial charge < -0.3 is 46.4 Å². The number of aryl methyl sites for hydroxylation is 2. The Kier molecular flexibility index (Phi) is 22.1. The zero-order chi connectivity index (χ0) is 30.4. The molecular weight excluding hydrogens is 704 g/mol. The number of rotatable bonds is 20. The fourth-order valence-corrected chi connectivity index (χ4v) is 6.49. The number of fused-ring (bicyclic) bond motifs is 2. The molecule has 2 aromatic carbocycles. The van der Waals surface area contributed by atoms with Crippen molar-refractivity contribution in [2.75, 3.05) is 0 Å². The number of para-hydroxylation sites is 4. The molecule has 0 aliphatic heterocycles. The monoisotopic (exact) mass is 755 g/mol. The average molecular weight is 757 g/mol. The first-order chi connectivity index (χ1) is 21.8.